The van der Waals surface area contributed by atoms with Crippen molar-refractivity contribution < 1.29 is 33.0 Å². The molecule has 0 saturated carbocycles. The van der Waals surface area contributed by atoms with Crippen LogP contribution in [0.1, 0.15) is 67.0 Å². The van der Waals surface area contributed by atoms with Gasteiger partial charge in [0.1, 0.15) is 28.8 Å². The number of nitrogens with zero attached hydrogens (tertiary/aromatic N) is 2. The quantitative estimate of drug-likeness (QED) is 0.420. The molecule has 0 bridgehead atoms. The van der Waals surface area contributed by atoms with Gasteiger partial charge in [-0.2, -0.15) is 0 Å². The Hall–Kier alpha value is -2.94. The van der Waals surface area contributed by atoms with Crippen LogP contribution < -0.4 is 10.9 Å². The molecular weight excluding hydrogens is 550 g/mol. The number of aromatic nitrogens is 3. The van der Waals surface area contributed by atoms with Gasteiger partial charge in [-0.15, -0.1) is 0 Å². The zero-order valence-electron chi connectivity index (χ0n) is 25.8. The van der Waals surface area contributed by atoms with E-state index in [0.29, 0.717) is 5.56 Å². The molecule has 2 fully saturated rings. The Morgan fingerprint density at radius 3 is 2.37 bits per heavy atom. The van der Waals surface area contributed by atoms with Gasteiger partial charge >= 0.3 is 12.2 Å². The predicted molar refractivity (Wildman–Crippen MR) is 154 cm³/mol. The van der Waals surface area contributed by atoms with Crippen LogP contribution in [0.2, 0.25) is 18.1 Å². The van der Waals surface area contributed by atoms with Crippen molar-refractivity contribution in [1.29, 1.82) is 0 Å². The number of ether oxygens (including phenoxy) is 4. The van der Waals surface area contributed by atoms with E-state index in [4.69, 9.17) is 18.6 Å². The number of methoxy groups -OCH3 is 1. The Morgan fingerprint density at radius 1 is 1.15 bits per heavy atom. The van der Waals surface area contributed by atoms with E-state index in [1.807, 2.05) is 13.8 Å². The average Bonchev–Trinajstić information content (AvgIpc) is 3.44. The number of amides is 2. The summed E-state index contributed by atoms with van der Waals surface area (Å²) in [4.78, 5) is 50.3. The highest BCUT2D eigenvalue weighted by Gasteiger charge is 2.61. The van der Waals surface area contributed by atoms with Gasteiger partial charge in [0.05, 0.1) is 25.8 Å². The largest absolute Gasteiger partial charge is 0.453 e. The lowest BCUT2D eigenvalue weighted by Crippen LogP contribution is -2.50. The summed E-state index contributed by atoms with van der Waals surface area (Å²) in [5, 5.41) is 2.34. The second-order valence-electron chi connectivity index (χ2n) is 13.5. The van der Waals surface area contributed by atoms with E-state index in [9.17, 15) is 14.4 Å². The number of nitrogens with one attached hydrogen (secondary N) is 3. The van der Waals surface area contributed by atoms with Crippen LogP contribution in [0.5, 0.6) is 0 Å². The van der Waals surface area contributed by atoms with Gasteiger partial charge < -0.3 is 28.4 Å². The zero-order chi connectivity index (χ0) is 30.7. The van der Waals surface area contributed by atoms with E-state index >= 15 is 0 Å². The second kappa shape index (κ2) is 10.4. The fraction of sp³-hybridized carbons (Fsp3) is 0.704. The molecule has 2 aliphatic rings. The standard InChI is InChI=1S/C27H43N5O8Si/c1-25(2,3)40-24(35)32-15(13-37-41(10,11)26(4,5)6)19-20(39-27(7,8)38-19)18(32)14-12-28-17-16(14)29-22(30-21(17)33)31-23(34)36-9/h12,15,18-20,28H,13H2,1-11H3,(H2,29,30,31,33,34)/t15-,18+,19-,20+/m1/s1. The SMILES string of the molecule is COC(=O)Nc1nc2c([C@H]3[C@@H]4OC(C)(C)O[C@@H]4[C@@H](CO[Si](C)(C)C(C)(C)C)N3C(=O)OC(C)(C)C)c[nH]c2c(=O)[nH]1. The predicted octanol–water partition coefficient (Wildman–Crippen LogP) is 4.63. The van der Waals surface area contributed by atoms with Crippen molar-refractivity contribution in [3.63, 3.8) is 0 Å². The molecule has 2 amide bonds. The van der Waals surface area contributed by atoms with Crippen LogP contribution in [0, 0.1) is 0 Å². The third kappa shape index (κ3) is 6.15. The molecule has 0 aliphatic carbocycles. The van der Waals surface area contributed by atoms with Gasteiger partial charge in [0.2, 0.25) is 5.95 Å². The Labute approximate surface area is 240 Å². The molecule has 4 rings (SSSR count). The first-order valence-electron chi connectivity index (χ1n) is 13.7. The minimum absolute atomic E-state index is 0.0573. The highest BCUT2D eigenvalue weighted by atomic mass is 28.4. The molecular formula is C27H43N5O8Si. The maximum absolute atomic E-state index is 13.9. The smallest absolute Gasteiger partial charge is 0.413 e. The summed E-state index contributed by atoms with van der Waals surface area (Å²) in [6.07, 6.45) is -0.912. The van der Waals surface area contributed by atoms with Gasteiger partial charge in [-0.05, 0) is 52.8 Å². The first-order chi connectivity index (χ1) is 18.7. The molecule has 2 aromatic heterocycles. The van der Waals surface area contributed by atoms with E-state index in [2.05, 4.69) is 58.9 Å². The van der Waals surface area contributed by atoms with Crippen LogP contribution in [0.3, 0.4) is 0 Å². The number of anilines is 1. The average molecular weight is 594 g/mol. The molecule has 2 aliphatic heterocycles. The molecule has 14 heteroatoms. The minimum Gasteiger partial charge on any atom is -0.453 e. The molecule has 0 radical (unpaired) electrons. The molecule has 4 heterocycles. The Morgan fingerprint density at radius 2 is 1.78 bits per heavy atom. The van der Waals surface area contributed by atoms with E-state index < -0.39 is 61.7 Å². The lowest BCUT2D eigenvalue weighted by atomic mass is 10.0. The number of H-pyrrole nitrogens is 2. The fourth-order valence-corrected chi connectivity index (χ4v) is 5.94. The summed E-state index contributed by atoms with van der Waals surface area (Å²) in [7, 11) is -1.02. The second-order valence-corrected chi connectivity index (χ2v) is 18.3. The van der Waals surface area contributed by atoms with Gasteiger partial charge in [-0.1, -0.05) is 20.8 Å². The Bertz CT molecular complexity index is 1370. The van der Waals surface area contributed by atoms with E-state index in [1.165, 1.54) is 7.11 Å². The molecule has 3 N–H and O–H groups in total. The summed E-state index contributed by atoms with van der Waals surface area (Å²) in [5.41, 5.74) is -0.339. The number of rotatable bonds is 5. The number of likely N-dealkylation sites (tertiary alicyclic amines) is 1. The molecule has 0 spiro atoms. The van der Waals surface area contributed by atoms with Crippen LogP contribution >= 0.6 is 0 Å². The first kappa shape index (κ1) is 31.0. The van der Waals surface area contributed by atoms with Crippen LogP contribution in [0.25, 0.3) is 11.0 Å². The van der Waals surface area contributed by atoms with Gasteiger partial charge in [0.15, 0.2) is 14.1 Å². The summed E-state index contributed by atoms with van der Waals surface area (Å²) in [6, 6.07) is -1.31. The van der Waals surface area contributed by atoms with Gasteiger partial charge in [-0.3, -0.25) is 20.0 Å². The van der Waals surface area contributed by atoms with E-state index in [1.54, 1.807) is 31.9 Å². The van der Waals surface area contributed by atoms with Crippen molar-refractivity contribution in [2.45, 2.75) is 109 Å². The van der Waals surface area contributed by atoms with Gasteiger partial charge in [-0.25, -0.2) is 14.6 Å². The summed E-state index contributed by atoms with van der Waals surface area (Å²) < 4.78 is 30.0. The lowest BCUT2D eigenvalue weighted by Gasteiger charge is -2.39. The van der Waals surface area contributed by atoms with Crippen molar-refractivity contribution in [2.24, 2.45) is 0 Å². The van der Waals surface area contributed by atoms with Crippen LogP contribution in [-0.4, -0.2) is 83.7 Å². The number of hydrogen-bond donors (Lipinski definition) is 3. The van der Waals surface area contributed by atoms with E-state index in [-0.39, 0.29) is 28.6 Å². The monoisotopic (exact) mass is 593 g/mol. The van der Waals surface area contributed by atoms with Gasteiger partial charge in [0, 0.05) is 11.8 Å². The van der Waals surface area contributed by atoms with Crippen LogP contribution in [-0.2, 0) is 23.4 Å². The Kier molecular flexibility index (Phi) is 7.87. The molecule has 228 valence electrons. The van der Waals surface area contributed by atoms with Crippen molar-refractivity contribution in [3.8, 4) is 0 Å². The highest BCUT2D eigenvalue weighted by molar-refractivity contribution is 6.74. The molecule has 2 aromatic rings. The number of carbonyl (C=O) groups is 2. The normalized spacial score (nSPS) is 24.4. The first-order valence-corrected chi connectivity index (χ1v) is 16.6. The van der Waals surface area contributed by atoms with Crippen LogP contribution in [0.15, 0.2) is 11.0 Å². The van der Waals surface area contributed by atoms with Crippen molar-refractivity contribution in [1.82, 2.24) is 19.9 Å². The molecule has 41 heavy (non-hydrogen) atoms. The number of aromatic amines is 2. The minimum atomic E-state index is -2.22. The molecule has 0 unspecified atom stereocenters. The number of hydrogen-bond acceptors (Lipinski definition) is 9. The van der Waals surface area contributed by atoms with E-state index in [0.717, 1.165) is 0 Å². The summed E-state index contributed by atoms with van der Waals surface area (Å²) >= 11 is 0. The third-order valence-corrected chi connectivity index (χ3v) is 12.3. The maximum atomic E-state index is 13.9. The topological polar surface area (TPSA) is 157 Å². The third-order valence-electron chi connectivity index (χ3n) is 7.83. The fourth-order valence-electron chi connectivity index (χ4n) is 4.92. The number of carbonyl (C=O) groups excluding carboxylic acids is 2. The van der Waals surface area contributed by atoms with Crippen LogP contribution in [0.4, 0.5) is 15.5 Å². The summed E-state index contributed by atoms with van der Waals surface area (Å²) in [5.74, 6) is -1.03. The highest BCUT2D eigenvalue weighted by Crippen LogP contribution is 2.49. The maximum Gasteiger partial charge on any atom is 0.413 e. The van der Waals surface area contributed by atoms with Crippen molar-refractivity contribution in [2.75, 3.05) is 19.0 Å². The number of fused-ring (bicyclic) bond motifs is 2. The Balaban J connectivity index is 1.85. The molecule has 13 nitrogen and oxygen atoms in total. The molecule has 0 aromatic carbocycles. The van der Waals surface area contributed by atoms with Gasteiger partial charge in [0.25, 0.3) is 5.56 Å². The summed E-state index contributed by atoms with van der Waals surface area (Å²) in [6.45, 7) is 20.0. The van der Waals surface area contributed by atoms with Crippen molar-refractivity contribution in [3.05, 3.63) is 22.1 Å². The molecule has 4 atom stereocenters. The lowest BCUT2D eigenvalue weighted by molar-refractivity contribution is -0.168. The molecule has 2 saturated heterocycles. The zero-order valence-corrected chi connectivity index (χ0v) is 26.8. The van der Waals surface area contributed by atoms with Crippen molar-refractivity contribution >= 4 is 37.5 Å².